The Kier molecular flexibility index (Phi) is 6.22. The molecule has 25 heavy (non-hydrogen) atoms. The first-order chi connectivity index (χ1) is 11.7. The predicted molar refractivity (Wildman–Crippen MR) is 98.1 cm³/mol. The van der Waals surface area contributed by atoms with Crippen LogP contribution in [0.15, 0.2) is 24.3 Å². The number of carbonyl (C=O) groups excluding carboxylic acids is 2. The summed E-state index contributed by atoms with van der Waals surface area (Å²) in [6, 6.07) is 7.19. The molecule has 2 atom stereocenters. The van der Waals surface area contributed by atoms with E-state index in [-0.39, 0.29) is 29.7 Å². The number of aliphatic hydroxyl groups is 1. The zero-order valence-electron chi connectivity index (χ0n) is 15.6. The third kappa shape index (κ3) is 5.30. The number of aliphatic hydroxyl groups excluding tert-OH is 1. The van der Waals surface area contributed by atoms with Gasteiger partial charge in [-0.15, -0.1) is 0 Å². The highest BCUT2D eigenvalue weighted by Crippen LogP contribution is 2.26. The van der Waals surface area contributed by atoms with Crippen LogP contribution < -0.4 is 10.6 Å². The first-order valence-electron chi connectivity index (χ1n) is 9.05. The Balaban J connectivity index is 1.81. The Morgan fingerprint density at radius 2 is 1.80 bits per heavy atom. The van der Waals surface area contributed by atoms with Gasteiger partial charge in [0.2, 0.25) is 11.8 Å². The summed E-state index contributed by atoms with van der Waals surface area (Å²) in [6.07, 6.45) is 2.12. The average Bonchev–Trinajstić information content (AvgIpc) is 2.49. The zero-order chi connectivity index (χ0) is 18.6. The molecule has 0 heterocycles. The van der Waals surface area contributed by atoms with Crippen LogP contribution in [-0.2, 0) is 15.0 Å². The summed E-state index contributed by atoms with van der Waals surface area (Å²) in [5.41, 5.74) is 2.02. The molecular weight excluding hydrogens is 316 g/mol. The second-order valence-electron chi connectivity index (χ2n) is 7.99. The van der Waals surface area contributed by atoms with Crippen LogP contribution in [0.2, 0.25) is 0 Å². The lowest BCUT2D eigenvalue weighted by Gasteiger charge is -2.26. The van der Waals surface area contributed by atoms with Crippen LogP contribution >= 0.6 is 0 Å². The fourth-order valence-electron chi connectivity index (χ4n) is 2.74. The summed E-state index contributed by atoms with van der Waals surface area (Å²) in [4.78, 5) is 24.0. The van der Waals surface area contributed by atoms with E-state index in [1.165, 1.54) is 5.56 Å². The van der Waals surface area contributed by atoms with Gasteiger partial charge in [0.05, 0.1) is 6.10 Å². The van der Waals surface area contributed by atoms with Crippen LogP contribution in [0.3, 0.4) is 0 Å². The minimum absolute atomic E-state index is 0.0489. The van der Waals surface area contributed by atoms with Crippen LogP contribution in [-0.4, -0.2) is 29.5 Å². The molecule has 2 rings (SSSR count). The quantitative estimate of drug-likeness (QED) is 0.740. The maximum Gasteiger partial charge on any atom is 0.242 e. The van der Waals surface area contributed by atoms with Crippen molar-refractivity contribution in [3.63, 3.8) is 0 Å². The number of benzene rings is 1. The molecule has 1 saturated carbocycles. The van der Waals surface area contributed by atoms with Gasteiger partial charge in [-0.3, -0.25) is 9.59 Å². The van der Waals surface area contributed by atoms with Crippen molar-refractivity contribution in [3.8, 4) is 0 Å². The molecule has 0 aliphatic heterocycles. The van der Waals surface area contributed by atoms with Gasteiger partial charge < -0.3 is 15.7 Å². The van der Waals surface area contributed by atoms with Crippen molar-refractivity contribution >= 4 is 11.8 Å². The van der Waals surface area contributed by atoms with Crippen LogP contribution in [0.4, 0.5) is 0 Å². The fraction of sp³-hybridized carbons (Fsp3) is 0.600. The van der Waals surface area contributed by atoms with E-state index in [1.807, 2.05) is 24.3 Å². The molecule has 2 amide bonds. The van der Waals surface area contributed by atoms with E-state index in [1.54, 1.807) is 6.92 Å². The molecule has 0 spiro atoms. The molecule has 0 radical (unpaired) electrons. The van der Waals surface area contributed by atoms with Gasteiger partial charge in [-0.2, -0.15) is 0 Å². The second kappa shape index (κ2) is 8.00. The third-order valence-corrected chi connectivity index (χ3v) is 4.86. The van der Waals surface area contributed by atoms with Crippen molar-refractivity contribution in [3.05, 3.63) is 35.4 Å². The number of hydrogen-bond acceptors (Lipinski definition) is 3. The Hall–Kier alpha value is -1.88. The van der Waals surface area contributed by atoms with Gasteiger partial charge in [0.25, 0.3) is 0 Å². The van der Waals surface area contributed by atoms with Gasteiger partial charge >= 0.3 is 0 Å². The van der Waals surface area contributed by atoms with Crippen molar-refractivity contribution in [1.29, 1.82) is 0 Å². The minimum Gasteiger partial charge on any atom is -0.387 e. The van der Waals surface area contributed by atoms with Gasteiger partial charge in [-0.05, 0) is 36.3 Å². The molecule has 0 unspecified atom stereocenters. The van der Waals surface area contributed by atoms with E-state index < -0.39 is 12.1 Å². The monoisotopic (exact) mass is 346 g/mol. The number of rotatable bonds is 6. The SMILES string of the molecule is C[C@H](NC(=O)C1CCC1)C(=O)NC[C@@H](O)c1ccc(C(C)(C)C)cc1. The summed E-state index contributed by atoms with van der Waals surface area (Å²) >= 11 is 0. The number of carbonyl (C=O) groups is 2. The van der Waals surface area contributed by atoms with E-state index >= 15 is 0 Å². The van der Waals surface area contributed by atoms with Crippen molar-refractivity contribution < 1.29 is 14.7 Å². The first kappa shape index (κ1) is 19.4. The topological polar surface area (TPSA) is 78.4 Å². The van der Waals surface area contributed by atoms with Crippen LogP contribution in [0, 0.1) is 5.92 Å². The molecular formula is C20H30N2O3. The molecule has 0 bridgehead atoms. The summed E-state index contributed by atoms with van der Waals surface area (Å²) < 4.78 is 0. The van der Waals surface area contributed by atoms with E-state index in [0.29, 0.717) is 0 Å². The van der Waals surface area contributed by atoms with Gasteiger partial charge in [0.15, 0.2) is 0 Å². The molecule has 1 fully saturated rings. The van der Waals surface area contributed by atoms with Crippen molar-refractivity contribution in [1.82, 2.24) is 10.6 Å². The lowest BCUT2D eigenvalue weighted by Crippen LogP contribution is -2.48. The third-order valence-electron chi connectivity index (χ3n) is 4.86. The molecule has 5 heteroatoms. The molecule has 138 valence electrons. The zero-order valence-corrected chi connectivity index (χ0v) is 15.6. The predicted octanol–water partition coefficient (Wildman–Crippen LogP) is 2.44. The van der Waals surface area contributed by atoms with Crippen molar-refractivity contribution in [2.45, 2.75) is 64.5 Å². The maximum atomic E-state index is 12.1. The highest BCUT2D eigenvalue weighted by Gasteiger charge is 2.27. The lowest BCUT2D eigenvalue weighted by atomic mass is 9.84. The standard InChI is InChI=1S/C20H30N2O3/c1-13(22-19(25)15-6-5-7-15)18(24)21-12-17(23)14-8-10-16(11-9-14)20(2,3)4/h8-11,13,15,17,23H,5-7,12H2,1-4H3,(H,21,24)(H,22,25)/t13-,17+/m0/s1. The number of nitrogens with one attached hydrogen (secondary N) is 2. The number of amides is 2. The fourth-order valence-corrected chi connectivity index (χ4v) is 2.74. The largest absolute Gasteiger partial charge is 0.387 e. The van der Waals surface area contributed by atoms with Gasteiger partial charge in [0.1, 0.15) is 6.04 Å². The van der Waals surface area contributed by atoms with E-state index in [4.69, 9.17) is 0 Å². The normalized spacial score (nSPS) is 17.3. The average molecular weight is 346 g/mol. The summed E-state index contributed by atoms with van der Waals surface area (Å²) in [5.74, 6) is -0.271. The summed E-state index contributed by atoms with van der Waals surface area (Å²) in [6.45, 7) is 8.20. The Labute approximate surface area is 150 Å². The molecule has 0 saturated heterocycles. The Bertz CT molecular complexity index is 600. The van der Waals surface area contributed by atoms with Gasteiger partial charge in [0, 0.05) is 12.5 Å². The molecule has 1 aliphatic rings. The highest BCUT2D eigenvalue weighted by atomic mass is 16.3. The smallest absolute Gasteiger partial charge is 0.242 e. The number of hydrogen-bond donors (Lipinski definition) is 3. The molecule has 1 aromatic carbocycles. The van der Waals surface area contributed by atoms with Crippen LogP contribution in [0.5, 0.6) is 0 Å². The molecule has 0 aromatic heterocycles. The van der Waals surface area contributed by atoms with E-state index in [0.717, 1.165) is 24.8 Å². The van der Waals surface area contributed by atoms with Gasteiger partial charge in [-0.1, -0.05) is 51.5 Å². The molecule has 1 aliphatic carbocycles. The molecule has 1 aromatic rings. The summed E-state index contributed by atoms with van der Waals surface area (Å²) in [5, 5.41) is 15.7. The van der Waals surface area contributed by atoms with Crippen molar-refractivity contribution in [2.75, 3.05) is 6.54 Å². The maximum absolute atomic E-state index is 12.1. The highest BCUT2D eigenvalue weighted by molar-refractivity contribution is 5.88. The molecule has 3 N–H and O–H groups in total. The van der Waals surface area contributed by atoms with E-state index in [9.17, 15) is 14.7 Å². The minimum atomic E-state index is -0.771. The lowest BCUT2D eigenvalue weighted by molar-refractivity contribution is -0.132. The van der Waals surface area contributed by atoms with E-state index in [2.05, 4.69) is 31.4 Å². The van der Waals surface area contributed by atoms with Crippen molar-refractivity contribution in [2.24, 2.45) is 5.92 Å². The molecule has 5 nitrogen and oxygen atoms in total. The summed E-state index contributed by atoms with van der Waals surface area (Å²) in [7, 11) is 0. The second-order valence-corrected chi connectivity index (χ2v) is 7.99. The Morgan fingerprint density at radius 3 is 2.28 bits per heavy atom. The van der Waals surface area contributed by atoms with Gasteiger partial charge in [-0.25, -0.2) is 0 Å². The first-order valence-corrected chi connectivity index (χ1v) is 9.05. The van der Waals surface area contributed by atoms with Crippen LogP contribution in [0.25, 0.3) is 0 Å². The van der Waals surface area contributed by atoms with Crippen LogP contribution in [0.1, 0.15) is 64.2 Å². The Morgan fingerprint density at radius 1 is 1.20 bits per heavy atom.